The first-order valence-corrected chi connectivity index (χ1v) is 5.41. The van der Waals surface area contributed by atoms with Gasteiger partial charge in [-0.1, -0.05) is 12.0 Å². The minimum Gasteiger partial charge on any atom is -0.333 e. The van der Waals surface area contributed by atoms with Crippen molar-refractivity contribution >= 4 is 10.9 Å². The predicted molar refractivity (Wildman–Crippen MR) is 68.1 cm³/mol. The molecule has 0 bridgehead atoms. The maximum atomic E-state index is 5.66. The second-order valence-electron chi connectivity index (χ2n) is 4.06. The molecule has 0 radical (unpaired) electrons. The molecule has 0 spiro atoms. The van der Waals surface area contributed by atoms with Gasteiger partial charge in [-0.25, -0.2) is 0 Å². The molecular weight excluding hydrogens is 196 g/mol. The summed E-state index contributed by atoms with van der Waals surface area (Å²) in [5.41, 5.74) is 10.5. The van der Waals surface area contributed by atoms with Crippen LogP contribution in [0.4, 0.5) is 0 Å². The predicted octanol–water partition coefficient (Wildman–Crippen LogP) is 2.35. The number of aromatic nitrogens is 1. The number of rotatable bonds is 2. The van der Waals surface area contributed by atoms with E-state index in [4.69, 9.17) is 12.2 Å². The van der Waals surface area contributed by atoms with Crippen LogP contribution in [-0.2, 0) is 13.1 Å². The molecule has 82 valence electrons. The fourth-order valence-electron chi connectivity index (χ4n) is 2.12. The molecule has 2 nitrogen and oxygen atoms in total. The van der Waals surface area contributed by atoms with Gasteiger partial charge in [-0.05, 0) is 37.1 Å². The zero-order chi connectivity index (χ0) is 11.7. The average molecular weight is 212 g/mol. The van der Waals surface area contributed by atoms with Gasteiger partial charge in [0.25, 0.3) is 0 Å². The van der Waals surface area contributed by atoms with Gasteiger partial charge in [-0.15, -0.1) is 6.42 Å². The lowest BCUT2D eigenvalue weighted by atomic mass is 10.1. The van der Waals surface area contributed by atoms with Crippen LogP contribution in [0, 0.1) is 26.2 Å². The third-order valence-electron chi connectivity index (χ3n) is 3.19. The smallest absolute Gasteiger partial charge is 0.0837 e. The molecule has 16 heavy (non-hydrogen) atoms. The lowest BCUT2D eigenvalue weighted by molar-refractivity contribution is 0.842. The number of fused-ring (bicyclic) bond motifs is 1. The van der Waals surface area contributed by atoms with E-state index < -0.39 is 0 Å². The first kappa shape index (κ1) is 10.8. The molecule has 2 aromatic rings. The Hall–Kier alpha value is -1.72. The molecule has 0 atom stereocenters. The van der Waals surface area contributed by atoms with Crippen LogP contribution >= 0.6 is 0 Å². The standard InChI is InChI=1S/C14H16N2/c1-4-7-16-11(3)10(2)13-8-12(9-15)5-6-14(13)16/h1,5-6,8H,7,9,15H2,2-3H3. The van der Waals surface area contributed by atoms with Crippen molar-refractivity contribution in [3.05, 3.63) is 35.0 Å². The molecule has 0 aliphatic heterocycles. The normalized spacial score (nSPS) is 10.6. The Kier molecular flexibility index (Phi) is 2.72. The molecule has 0 fully saturated rings. The van der Waals surface area contributed by atoms with Gasteiger partial charge in [-0.3, -0.25) is 0 Å². The molecule has 0 unspecified atom stereocenters. The van der Waals surface area contributed by atoms with Gasteiger partial charge >= 0.3 is 0 Å². The van der Waals surface area contributed by atoms with Gasteiger partial charge in [0.1, 0.15) is 0 Å². The first-order chi connectivity index (χ1) is 7.69. The highest BCUT2D eigenvalue weighted by atomic mass is 15.0. The van der Waals surface area contributed by atoms with E-state index in [1.807, 2.05) is 0 Å². The van der Waals surface area contributed by atoms with E-state index in [1.165, 1.54) is 22.2 Å². The van der Waals surface area contributed by atoms with Crippen LogP contribution in [-0.4, -0.2) is 4.57 Å². The summed E-state index contributed by atoms with van der Waals surface area (Å²) >= 11 is 0. The number of terminal acetylenes is 1. The van der Waals surface area contributed by atoms with Crippen LogP contribution < -0.4 is 5.73 Å². The van der Waals surface area contributed by atoms with Crippen molar-refractivity contribution in [2.45, 2.75) is 26.9 Å². The molecule has 0 aliphatic carbocycles. The number of nitrogens with zero attached hydrogens (tertiary/aromatic N) is 1. The second-order valence-corrected chi connectivity index (χ2v) is 4.06. The van der Waals surface area contributed by atoms with E-state index in [-0.39, 0.29) is 0 Å². The average Bonchev–Trinajstić information content (AvgIpc) is 2.54. The lowest BCUT2D eigenvalue weighted by Gasteiger charge is -2.03. The third kappa shape index (κ3) is 1.50. The SMILES string of the molecule is C#CCn1c(C)c(C)c2cc(CN)ccc21. The zero-order valence-corrected chi connectivity index (χ0v) is 9.75. The van der Waals surface area contributed by atoms with E-state index in [2.05, 4.69) is 42.5 Å². The Labute approximate surface area is 96.1 Å². The Morgan fingerprint density at radius 2 is 2.12 bits per heavy atom. The van der Waals surface area contributed by atoms with Crippen LogP contribution in [0.3, 0.4) is 0 Å². The topological polar surface area (TPSA) is 30.9 Å². The molecule has 0 amide bonds. The number of aryl methyl sites for hydroxylation is 1. The maximum Gasteiger partial charge on any atom is 0.0837 e. The highest BCUT2D eigenvalue weighted by molar-refractivity contribution is 5.86. The molecule has 2 heteroatoms. The number of benzene rings is 1. The maximum absolute atomic E-state index is 5.66. The largest absolute Gasteiger partial charge is 0.333 e. The monoisotopic (exact) mass is 212 g/mol. The van der Waals surface area contributed by atoms with Gasteiger partial charge < -0.3 is 10.3 Å². The second kappa shape index (κ2) is 4.03. The van der Waals surface area contributed by atoms with E-state index >= 15 is 0 Å². The molecule has 1 aromatic heterocycles. The third-order valence-corrected chi connectivity index (χ3v) is 3.19. The highest BCUT2D eigenvalue weighted by Crippen LogP contribution is 2.25. The Balaban J connectivity index is 2.75. The van der Waals surface area contributed by atoms with E-state index in [1.54, 1.807) is 0 Å². The van der Waals surface area contributed by atoms with Crippen molar-refractivity contribution < 1.29 is 0 Å². The summed E-state index contributed by atoms with van der Waals surface area (Å²) in [6.07, 6.45) is 5.39. The van der Waals surface area contributed by atoms with Gasteiger partial charge in [0.05, 0.1) is 6.54 Å². The molecule has 1 aromatic carbocycles. The van der Waals surface area contributed by atoms with Crippen molar-refractivity contribution in [1.29, 1.82) is 0 Å². The highest BCUT2D eigenvalue weighted by Gasteiger charge is 2.09. The summed E-state index contributed by atoms with van der Waals surface area (Å²) in [6.45, 7) is 5.44. The van der Waals surface area contributed by atoms with Gasteiger partial charge in [0, 0.05) is 23.1 Å². The summed E-state index contributed by atoms with van der Waals surface area (Å²) in [7, 11) is 0. The van der Waals surface area contributed by atoms with Crippen LogP contribution in [0.1, 0.15) is 16.8 Å². The Bertz CT molecular complexity index is 570. The number of hydrogen-bond donors (Lipinski definition) is 1. The van der Waals surface area contributed by atoms with Crippen molar-refractivity contribution in [2.75, 3.05) is 0 Å². The van der Waals surface area contributed by atoms with E-state index in [0.717, 1.165) is 5.56 Å². The minimum absolute atomic E-state index is 0.578. The summed E-state index contributed by atoms with van der Waals surface area (Å²) in [5.74, 6) is 2.70. The van der Waals surface area contributed by atoms with Crippen molar-refractivity contribution in [2.24, 2.45) is 5.73 Å². The van der Waals surface area contributed by atoms with E-state index in [0.29, 0.717) is 13.1 Å². The number of hydrogen-bond acceptors (Lipinski definition) is 1. The van der Waals surface area contributed by atoms with Crippen molar-refractivity contribution in [3.63, 3.8) is 0 Å². The molecule has 0 aliphatic rings. The van der Waals surface area contributed by atoms with Gasteiger partial charge in [0.2, 0.25) is 0 Å². The van der Waals surface area contributed by atoms with Crippen LogP contribution in [0.5, 0.6) is 0 Å². The van der Waals surface area contributed by atoms with E-state index in [9.17, 15) is 0 Å². The zero-order valence-electron chi connectivity index (χ0n) is 9.75. The Morgan fingerprint density at radius 3 is 2.75 bits per heavy atom. The lowest BCUT2D eigenvalue weighted by Crippen LogP contribution is -1.98. The van der Waals surface area contributed by atoms with Crippen LogP contribution in [0.15, 0.2) is 18.2 Å². The molecule has 2 N–H and O–H groups in total. The quantitative estimate of drug-likeness (QED) is 0.761. The molecule has 2 rings (SSSR count). The van der Waals surface area contributed by atoms with Crippen LogP contribution in [0.2, 0.25) is 0 Å². The molecule has 1 heterocycles. The van der Waals surface area contributed by atoms with Gasteiger partial charge in [0.15, 0.2) is 0 Å². The minimum atomic E-state index is 0.578. The summed E-state index contributed by atoms with van der Waals surface area (Å²) in [5, 5.41) is 1.26. The fraction of sp³-hybridized carbons (Fsp3) is 0.286. The Morgan fingerprint density at radius 1 is 1.38 bits per heavy atom. The molecular formula is C14H16N2. The number of nitrogens with two attached hydrogens (primary N) is 1. The molecule has 0 saturated carbocycles. The van der Waals surface area contributed by atoms with Crippen LogP contribution in [0.25, 0.3) is 10.9 Å². The summed E-state index contributed by atoms with van der Waals surface area (Å²) < 4.78 is 2.17. The van der Waals surface area contributed by atoms with Crippen molar-refractivity contribution in [3.8, 4) is 12.3 Å². The summed E-state index contributed by atoms with van der Waals surface area (Å²) in [4.78, 5) is 0. The fourth-order valence-corrected chi connectivity index (χ4v) is 2.12. The summed E-state index contributed by atoms with van der Waals surface area (Å²) in [6, 6.07) is 6.33. The van der Waals surface area contributed by atoms with Gasteiger partial charge in [-0.2, -0.15) is 0 Å². The first-order valence-electron chi connectivity index (χ1n) is 5.41. The molecule has 0 saturated heterocycles. The van der Waals surface area contributed by atoms with Crippen molar-refractivity contribution in [1.82, 2.24) is 4.57 Å².